The summed E-state index contributed by atoms with van der Waals surface area (Å²) in [6.45, 7) is 6.49. The van der Waals surface area contributed by atoms with Gasteiger partial charge in [0.1, 0.15) is 0 Å². The molecule has 0 aliphatic heterocycles. The summed E-state index contributed by atoms with van der Waals surface area (Å²) < 4.78 is 5.63. The smallest absolute Gasteiger partial charge is 0.0466 e. The molecule has 0 rings (SSSR count). The molecular weight excluding hydrogens is 412 g/mol. The third kappa shape index (κ3) is 32.0. The van der Waals surface area contributed by atoms with Crippen LogP contribution >= 0.6 is 0 Å². The van der Waals surface area contributed by atoms with E-state index in [0.717, 1.165) is 13.2 Å². The van der Waals surface area contributed by atoms with Crippen LogP contribution in [-0.2, 0) is 4.74 Å². The molecule has 0 saturated heterocycles. The Morgan fingerprint density at radius 2 is 0.441 bits per heavy atom. The van der Waals surface area contributed by atoms with Gasteiger partial charge in [-0.05, 0) is 12.8 Å². The Balaban J connectivity index is 2.99. The van der Waals surface area contributed by atoms with Gasteiger partial charge in [-0.15, -0.1) is 0 Å². The van der Waals surface area contributed by atoms with Crippen LogP contribution in [-0.4, -0.2) is 13.2 Å². The molecule has 0 atom stereocenters. The summed E-state index contributed by atoms with van der Waals surface area (Å²) in [5, 5.41) is 0. The number of rotatable bonds is 31. The zero-order valence-corrected chi connectivity index (χ0v) is 24.3. The standard InChI is InChI=1S/C33H68O/c1-3-5-7-8-9-10-11-12-13-14-15-16-17-18-19-20-21-22-23-24-25-26-27-28-29-30-31-33-34-32-6-4-2/h3-33H2,1-2H3. The number of hydrogen-bond donors (Lipinski definition) is 0. The van der Waals surface area contributed by atoms with Crippen molar-refractivity contribution >= 4 is 0 Å². The van der Waals surface area contributed by atoms with E-state index in [2.05, 4.69) is 13.8 Å². The zero-order valence-electron chi connectivity index (χ0n) is 24.3. The minimum atomic E-state index is 0.968. The maximum atomic E-state index is 5.63. The first kappa shape index (κ1) is 34.0. The lowest BCUT2D eigenvalue weighted by atomic mass is 10.0. The second kappa shape index (κ2) is 33.0. The van der Waals surface area contributed by atoms with Crippen LogP contribution in [0.2, 0.25) is 0 Å². The molecular formula is C33H68O. The van der Waals surface area contributed by atoms with Crippen molar-refractivity contribution in [3.63, 3.8) is 0 Å². The second-order valence-electron chi connectivity index (χ2n) is 11.2. The lowest BCUT2D eigenvalue weighted by molar-refractivity contribution is 0.127. The van der Waals surface area contributed by atoms with Crippen molar-refractivity contribution in [3.8, 4) is 0 Å². The largest absolute Gasteiger partial charge is 0.381 e. The maximum Gasteiger partial charge on any atom is 0.0466 e. The average Bonchev–Trinajstić information content (AvgIpc) is 2.85. The SMILES string of the molecule is CCCCCCCCCCCCCCCCCCCCCCCCCCCCCOCCCC. The molecule has 0 amide bonds. The molecule has 0 fully saturated rings. The second-order valence-corrected chi connectivity index (χ2v) is 11.2. The van der Waals surface area contributed by atoms with Crippen molar-refractivity contribution in [1.29, 1.82) is 0 Å². The molecule has 0 bridgehead atoms. The minimum Gasteiger partial charge on any atom is -0.381 e. The van der Waals surface area contributed by atoms with Gasteiger partial charge in [0.25, 0.3) is 0 Å². The molecule has 0 aromatic rings. The average molecular weight is 481 g/mol. The fourth-order valence-electron chi connectivity index (χ4n) is 5.05. The molecule has 0 N–H and O–H groups in total. The van der Waals surface area contributed by atoms with E-state index in [-0.39, 0.29) is 0 Å². The lowest BCUT2D eigenvalue weighted by Crippen LogP contribution is -1.96. The van der Waals surface area contributed by atoms with Gasteiger partial charge in [-0.25, -0.2) is 0 Å². The summed E-state index contributed by atoms with van der Waals surface area (Å²) in [5.41, 5.74) is 0. The van der Waals surface area contributed by atoms with E-state index in [4.69, 9.17) is 4.74 Å². The van der Waals surface area contributed by atoms with E-state index < -0.39 is 0 Å². The van der Waals surface area contributed by atoms with Gasteiger partial charge in [0.2, 0.25) is 0 Å². The van der Waals surface area contributed by atoms with Gasteiger partial charge in [-0.1, -0.05) is 187 Å². The van der Waals surface area contributed by atoms with Crippen molar-refractivity contribution in [2.45, 2.75) is 200 Å². The van der Waals surface area contributed by atoms with Crippen molar-refractivity contribution in [2.75, 3.05) is 13.2 Å². The molecule has 0 aromatic carbocycles. The molecule has 0 saturated carbocycles. The fraction of sp³-hybridized carbons (Fsp3) is 1.00. The molecule has 0 aliphatic rings. The van der Waals surface area contributed by atoms with Crippen LogP contribution in [0.25, 0.3) is 0 Å². The first-order chi connectivity index (χ1) is 16.9. The molecule has 0 unspecified atom stereocenters. The summed E-state index contributed by atoms with van der Waals surface area (Å²) in [7, 11) is 0. The van der Waals surface area contributed by atoms with E-state index in [0.29, 0.717) is 0 Å². The van der Waals surface area contributed by atoms with Gasteiger partial charge >= 0.3 is 0 Å². The fourth-order valence-corrected chi connectivity index (χ4v) is 5.05. The van der Waals surface area contributed by atoms with Crippen LogP contribution in [0.4, 0.5) is 0 Å². The van der Waals surface area contributed by atoms with Crippen LogP contribution in [0.1, 0.15) is 200 Å². The Bertz CT molecular complexity index is 295. The third-order valence-electron chi connectivity index (χ3n) is 7.53. The van der Waals surface area contributed by atoms with E-state index in [1.54, 1.807) is 0 Å². The molecule has 0 aliphatic carbocycles. The number of ether oxygens (including phenoxy) is 1. The molecule has 0 radical (unpaired) electrons. The molecule has 0 aromatic heterocycles. The summed E-state index contributed by atoms with van der Waals surface area (Å²) in [5.74, 6) is 0. The van der Waals surface area contributed by atoms with Crippen molar-refractivity contribution in [3.05, 3.63) is 0 Å². The van der Waals surface area contributed by atoms with Gasteiger partial charge in [0.05, 0.1) is 0 Å². The summed E-state index contributed by atoms with van der Waals surface area (Å²) in [6.07, 6.45) is 41.9. The van der Waals surface area contributed by atoms with E-state index >= 15 is 0 Å². The summed E-state index contributed by atoms with van der Waals surface area (Å²) in [6, 6.07) is 0. The van der Waals surface area contributed by atoms with Crippen LogP contribution in [0.3, 0.4) is 0 Å². The highest BCUT2D eigenvalue weighted by Crippen LogP contribution is 2.16. The highest BCUT2D eigenvalue weighted by atomic mass is 16.5. The van der Waals surface area contributed by atoms with Crippen LogP contribution in [0.15, 0.2) is 0 Å². The van der Waals surface area contributed by atoms with Gasteiger partial charge < -0.3 is 4.74 Å². The molecule has 1 nitrogen and oxygen atoms in total. The van der Waals surface area contributed by atoms with Gasteiger partial charge in [0.15, 0.2) is 0 Å². The number of hydrogen-bond acceptors (Lipinski definition) is 1. The molecule has 1 heteroatoms. The molecule has 0 heterocycles. The number of unbranched alkanes of at least 4 members (excludes halogenated alkanes) is 27. The Labute approximate surface area is 218 Å². The Hall–Kier alpha value is -0.0400. The Morgan fingerprint density at radius 1 is 0.235 bits per heavy atom. The maximum absolute atomic E-state index is 5.63. The highest BCUT2D eigenvalue weighted by molar-refractivity contribution is 4.52. The molecule has 0 spiro atoms. The van der Waals surface area contributed by atoms with Gasteiger partial charge in [0, 0.05) is 13.2 Å². The Morgan fingerprint density at radius 3 is 0.706 bits per heavy atom. The predicted molar refractivity (Wildman–Crippen MR) is 156 cm³/mol. The predicted octanol–water partition coefficient (Wildman–Crippen LogP) is 12.4. The highest BCUT2D eigenvalue weighted by Gasteiger charge is 1.96. The monoisotopic (exact) mass is 481 g/mol. The zero-order chi connectivity index (χ0) is 24.6. The topological polar surface area (TPSA) is 9.23 Å². The van der Waals surface area contributed by atoms with E-state index in [9.17, 15) is 0 Å². The quantitative estimate of drug-likeness (QED) is 0.0896. The summed E-state index contributed by atoms with van der Waals surface area (Å²) in [4.78, 5) is 0. The third-order valence-corrected chi connectivity index (χ3v) is 7.53. The summed E-state index contributed by atoms with van der Waals surface area (Å²) >= 11 is 0. The van der Waals surface area contributed by atoms with Crippen LogP contribution < -0.4 is 0 Å². The lowest BCUT2D eigenvalue weighted by Gasteiger charge is -2.05. The minimum absolute atomic E-state index is 0.968. The molecule has 34 heavy (non-hydrogen) atoms. The van der Waals surface area contributed by atoms with Gasteiger partial charge in [-0.2, -0.15) is 0 Å². The van der Waals surface area contributed by atoms with Crippen molar-refractivity contribution < 1.29 is 4.74 Å². The Kier molecular flexibility index (Phi) is 32.9. The van der Waals surface area contributed by atoms with E-state index in [1.807, 2.05) is 0 Å². The van der Waals surface area contributed by atoms with Crippen LogP contribution in [0.5, 0.6) is 0 Å². The first-order valence-corrected chi connectivity index (χ1v) is 16.5. The molecule has 206 valence electrons. The van der Waals surface area contributed by atoms with Gasteiger partial charge in [-0.3, -0.25) is 0 Å². The van der Waals surface area contributed by atoms with E-state index in [1.165, 1.54) is 186 Å². The van der Waals surface area contributed by atoms with Crippen LogP contribution in [0, 0.1) is 0 Å². The first-order valence-electron chi connectivity index (χ1n) is 16.5. The normalized spacial score (nSPS) is 11.5. The van der Waals surface area contributed by atoms with Crippen molar-refractivity contribution in [2.24, 2.45) is 0 Å². The van der Waals surface area contributed by atoms with Crippen molar-refractivity contribution in [1.82, 2.24) is 0 Å².